The first-order valence-electron chi connectivity index (χ1n) is 6.22. The number of carbonyl (C=O) groups excluding carboxylic acids is 1. The van der Waals surface area contributed by atoms with Crippen LogP contribution in [0.25, 0.3) is 6.08 Å². The Balaban J connectivity index is 1.88. The summed E-state index contributed by atoms with van der Waals surface area (Å²) in [5, 5.41) is 11.7. The van der Waals surface area contributed by atoms with Gasteiger partial charge in [-0.1, -0.05) is 41.7 Å². The first-order valence-corrected chi connectivity index (χ1v) is 7.04. The molecule has 6 heteroatoms. The third kappa shape index (κ3) is 4.56. The van der Waals surface area contributed by atoms with Crippen molar-refractivity contribution in [3.63, 3.8) is 0 Å². The van der Waals surface area contributed by atoms with Gasteiger partial charge in [0.2, 0.25) is 11.0 Å². The maximum absolute atomic E-state index is 11.7. The second-order valence-corrected chi connectivity index (χ2v) is 4.93. The summed E-state index contributed by atoms with van der Waals surface area (Å²) in [6, 6.07) is 9.62. The van der Waals surface area contributed by atoms with E-state index in [2.05, 4.69) is 15.5 Å². The molecule has 0 fully saturated rings. The topological polar surface area (TPSA) is 64.1 Å². The molecule has 0 saturated heterocycles. The molecule has 0 aliphatic heterocycles. The zero-order valence-corrected chi connectivity index (χ0v) is 11.9. The van der Waals surface area contributed by atoms with E-state index >= 15 is 0 Å². The van der Waals surface area contributed by atoms with Crippen molar-refractivity contribution < 1.29 is 9.53 Å². The highest BCUT2D eigenvalue weighted by atomic mass is 32.1. The van der Waals surface area contributed by atoms with Crippen molar-refractivity contribution in [2.45, 2.75) is 13.5 Å². The molecule has 0 aliphatic rings. The van der Waals surface area contributed by atoms with Gasteiger partial charge in [-0.2, -0.15) is 0 Å². The Bertz CT molecular complexity index is 581. The largest absolute Gasteiger partial charge is 0.374 e. The minimum absolute atomic E-state index is 0.229. The molecule has 1 aromatic heterocycles. The van der Waals surface area contributed by atoms with E-state index in [1.54, 1.807) is 6.08 Å². The van der Waals surface area contributed by atoms with Crippen molar-refractivity contribution in [3.8, 4) is 0 Å². The zero-order valence-electron chi connectivity index (χ0n) is 11.1. The summed E-state index contributed by atoms with van der Waals surface area (Å²) in [5.74, 6) is -0.229. The third-order valence-electron chi connectivity index (χ3n) is 2.35. The number of nitrogens with one attached hydrogen (secondary N) is 1. The molecule has 5 nitrogen and oxygen atoms in total. The van der Waals surface area contributed by atoms with Crippen LogP contribution in [-0.2, 0) is 16.1 Å². The van der Waals surface area contributed by atoms with Crippen LogP contribution in [0.4, 0.5) is 5.13 Å². The van der Waals surface area contributed by atoms with Gasteiger partial charge >= 0.3 is 0 Å². The maximum Gasteiger partial charge on any atom is 0.250 e. The SMILES string of the molecule is CCOCc1nnc(NC(=O)/C=C/c2ccccc2)s1. The van der Waals surface area contributed by atoms with E-state index in [0.717, 1.165) is 10.6 Å². The van der Waals surface area contributed by atoms with Gasteiger partial charge in [0, 0.05) is 12.7 Å². The molecule has 2 aromatic rings. The first-order chi connectivity index (χ1) is 9.78. The molecule has 0 saturated carbocycles. The highest BCUT2D eigenvalue weighted by Crippen LogP contribution is 2.15. The zero-order chi connectivity index (χ0) is 14.2. The molecule has 1 aromatic carbocycles. The number of rotatable bonds is 6. The predicted octanol–water partition coefficient (Wildman–Crippen LogP) is 2.73. The van der Waals surface area contributed by atoms with Crippen LogP contribution >= 0.6 is 11.3 Å². The summed E-state index contributed by atoms with van der Waals surface area (Å²) in [6.45, 7) is 2.96. The molecule has 20 heavy (non-hydrogen) atoms. The average Bonchev–Trinajstić information content (AvgIpc) is 2.91. The highest BCUT2D eigenvalue weighted by molar-refractivity contribution is 7.15. The van der Waals surface area contributed by atoms with Gasteiger partial charge in [0.05, 0.1) is 0 Å². The van der Waals surface area contributed by atoms with E-state index < -0.39 is 0 Å². The smallest absolute Gasteiger partial charge is 0.250 e. The molecule has 104 valence electrons. The Morgan fingerprint density at radius 3 is 2.90 bits per heavy atom. The lowest BCUT2D eigenvalue weighted by Crippen LogP contribution is -2.07. The minimum Gasteiger partial charge on any atom is -0.374 e. The van der Waals surface area contributed by atoms with Crippen molar-refractivity contribution in [3.05, 3.63) is 47.0 Å². The number of hydrogen-bond acceptors (Lipinski definition) is 5. The van der Waals surface area contributed by atoms with Gasteiger partial charge in [-0.05, 0) is 18.6 Å². The van der Waals surface area contributed by atoms with Crippen LogP contribution in [0.1, 0.15) is 17.5 Å². The van der Waals surface area contributed by atoms with Crippen molar-refractivity contribution >= 4 is 28.5 Å². The molecular formula is C14H15N3O2S. The maximum atomic E-state index is 11.7. The molecule has 0 radical (unpaired) electrons. The average molecular weight is 289 g/mol. The van der Waals surface area contributed by atoms with Gasteiger partial charge in [0.25, 0.3) is 0 Å². The second-order valence-electron chi connectivity index (χ2n) is 3.87. The number of amides is 1. The number of anilines is 1. The molecule has 0 spiro atoms. The van der Waals surface area contributed by atoms with Crippen molar-refractivity contribution in [2.75, 3.05) is 11.9 Å². The van der Waals surface area contributed by atoms with Crippen molar-refractivity contribution in [2.24, 2.45) is 0 Å². The molecule has 0 bridgehead atoms. The number of nitrogens with zero attached hydrogens (tertiary/aromatic N) is 2. The third-order valence-corrected chi connectivity index (χ3v) is 3.17. The van der Waals surface area contributed by atoms with E-state index in [0.29, 0.717) is 18.3 Å². The number of benzene rings is 1. The predicted molar refractivity (Wildman–Crippen MR) is 79.3 cm³/mol. The Kier molecular flexibility index (Phi) is 5.40. The van der Waals surface area contributed by atoms with E-state index in [-0.39, 0.29) is 5.91 Å². The molecule has 1 N–H and O–H groups in total. The number of aromatic nitrogens is 2. The highest BCUT2D eigenvalue weighted by Gasteiger charge is 2.05. The van der Waals surface area contributed by atoms with Crippen LogP contribution in [0.15, 0.2) is 36.4 Å². The summed E-state index contributed by atoms with van der Waals surface area (Å²) >= 11 is 1.31. The summed E-state index contributed by atoms with van der Waals surface area (Å²) < 4.78 is 5.22. The van der Waals surface area contributed by atoms with Gasteiger partial charge in [-0.3, -0.25) is 10.1 Å². The number of hydrogen-bond donors (Lipinski definition) is 1. The monoisotopic (exact) mass is 289 g/mol. The van der Waals surface area contributed by atoms with E-state index in [1.807, 2.05) is 37.3 Å². The van der Waals surface area contributed by atoms with Crippen LogP contribution in [0, 0.1) is 0 Å². The van der Waals surface area contributed by atoms with Crippen LogP contribution in [0.2, 0.25) is 0 Å². The van der Waals surface area contributed by atoms with Gasteiger partial charge in [0.1, 0.15) is 11.6 Å². The lowest BCUT2D eigenvalue weighted by atomic mass is 10.2. The van der Waals surface area contributed by atoms with E-state index in [9.17, 15) is 4.79 Å². The Labute approximate surface area is 121 Å². The van der Waals surface area contributed by atoms with Gasteiger partial charge in [0.15, 0.2) is 0 Å². The fourth-order valence-electron chi connectivity index (χ4n) is 1.43. The normalized spacial score (nSPS) is 10.8. The minimum atomic E-state index is -0.229. The molecule has 1 heterocycles. The van der Waals surface area contributed by atoms with Gasteiger partial charge < -0.3 is 4.74 Å². The molecular weight excluding hydrogens is 274 g/mol. The number of carbonyl (C=O) groups is 1. The Morgan fingerprint density at radius 2 is 2.15 bits per heavy atom. The van der Waals surface area contributed by atoms with E-state index in [4.69, 9.17) is 4.74 Å². The van der Waals surface area contributed by atoms with Crippen LogP contribution in [-0.4, -0.2) is 22.7 Å². The molecule has 0 atom stereocenters. The number of ether oxygens (including phenoxy) is 1. The Hall–Kier alpha value is -2.05. The summed E-state index contributed by atoms with van der Waals surface area (Å²) in [6.07, 6.45) is 3.22. The lowest BCUT2D eigenvalue weighted by Gasteiger charge is -1.95. The fourth-order valence-corrected chi connectivity index (χ4v) is 2.12. The Morgan fingerprint density at radius 1 is 1.35 bits per heavy atom. The molecule has 2 rings (SSSR count). The van der Waals surface area contributed by atoms with Crippen LogP contribution < -0.4 is 5.32 Å². The summed E-state index contributed by atoms with van der Waals surface area (Å²) in [7, 11) is 0. The van der Waals surface area contributed by atoms with Gasteiger partial charge in [-0.25, -0.2) is 0 Å². The molecule has 0 aliphatic carbocycles. The van der Waals surface area contributed by atoms with Gasteiger partial charge in [-0.15, -0.1) is 10.2 Å². The second kappa shape index (κ2) is 7.52. The summed E-state index contributed by atoms with van der Waals surface area (Å²) in [4.78, 5) is 11.7. The standard InChI is InChI=1S/C14H15N3O2S/c1-2-19-10-13-16-17-14(20-13)15-12(18)9-8-11-6-4-3-5-7-11/h3-9H,2,10H2,1H3,(H,15,17,18)/b9-8+. The fraction of sp³-hybridized carbons (Fsp3) is 0.214. The lowest BCUT2D eigenvalue weighted by molar-refractivity contribution is -0.111. The van der Waals surface area contributed by atoms with Crippen LogP contribution in [0.5, 0.6) is 0 Å². The van der Waals surface area contributed by atoms with E-state index in [1.165, 1.54) is 17.4 Å². The summed E-state index contributed by atoms with van der Waals surface area (Å²) in [5.41, 5.74) is 0.969. The quantitative estimate of drug-likeness (QED) is 0.830. The molecule has 0 unspecified atom stereocenters. The first kappa shape index (κ1) is 14.4. The van der Waals surface area contributed by atoms with Crippen LogP contribution in [0.3, 0.4) is 0 Å². The van der Waals surface area contributed by atoms with Crippen molar-refractivity contribution in [1.29, 1.82) is 0 Å². The van der Waals surface area contributed by atoms with Crippen molar-refractivity contribution in [1.82, 2.24) is 10.2 Å². The molecule has 1 amide bonds.